The molecule has 0 radical (unpaired) electrons. The molecule has 2 N–H and O–H groups in total. The maximum absolute atomic E-state index is 13.3. The summed E-state index contributed by atoms with van der Waals surface area (Å²) in [5, 5.41) is 18.4. The van der Waals surface area contributed by atoms with Crippen molar-refractivity contribution in [3.8, 4) is 22.8 Å². The smallest absolute Gasteiger partial charge is 0.273 e. The fraction of sp³-hybridized carbons (Fsp3) is 0.385. The van der Waals surface area contributed by atoms with Crippen LogP contribution < -0.4 is 4.74 Å². The van der Waals surface area contributed by atoms with Gasteiger partial charge in [-0.1, -0.05) is 50.9 Å². The molecular weight excluding hydrogens is 438 g/mol. The first-order valence-electron chi connectivity index (χ1n) is 11.5. The molecule has 2 aromatic carbocycles. The Labute approximate surface area is 199 Å². The molecule has 2 heterocycles. The molecule has 0 saturated heterocycles. The predicted octanol–water partition coefficient (Wildman–Crippen LogP) is 6.21. The predicted molar refractivity (Wildman–Crippen MR) is 130 cm³/mol. The van der Waals surface area contributed by atoms with Crippen LogP contribution in [0.1, 0.15) is 67.7 Å². The number of rotatable bonds is 9. The Hall–Kier alpha value is -2.99. The summed E-state index contributed by atoms with van der Waals surface area (Å²) in [5.41, 5.74) is 3.20. The van der Waals surface area contributed by atoms with E-state index in [9.17, 15) is 9.90 Å². The van der Waals surface area contributed by atoms with E-state index in [2.05, 4.69) is 31.0 Å². The number of nitrogens with one attached hydrogen (secondary N) is 1. The van der Waals surface area contributed by atoms with Crippen LogP contribution in [-0.4, -0.2) is 39.3 Å². The first-order chi connectivity index (χ1) is 15.9. The SMILES string of the molecule is CCCCN1C(=O)c2[nH]nc(-c3cc(Cl)ccc3O)c2C1c1cccc(OCCC(C)C)c1. The summed E-state index contributed by atoms with van der Waals surface area (Å²) < 4.78 is 6.00. The van der Waals surface area contributed by atoms with Crippen molar-refractivity contribution in [3.05, 3.63) is 64.3 Å². The maximum Gasteiger partial charge on any atom is 0.273 e. The standard InChI is InChI=1S/C26H30ClN3O3/c1-4-5-12-30-25(17-7-6-8-19(14-17)33-13-11-16(2)3)22-23(28-29-24(22)26(30)32)20-15-18(27)9-10-21(20)31/h6-10,14-16,25,31H,4-5,11-13H2,1-3H3,(H,28,29). The molecule has 0 bridgehead atoms. The van der Waals surface area contributed by atoms with Crippen LogP contribution in [0.3, 0.4) is 0 Å². The number of carbonyl (C=O) groups excluding carboxylic acids is 1. The van der Waals surface area contributed by atoms with Gasteiger partial charge < -0.3 is 14.7 Å². The number of carbonyl (C=O) groups is 1. The van der Waals surface area contributed by atoms with E-state index >= 15 is 0 Å². The number of aromatic amines is 1. The fourth-order valence-corrected chi connectivity index (χ4v) is 4.36. The van der Waals surface area contributed by atoms with Gasteiger partial charge in [0, 0.05) is 22.7 Å². The minimum atomic E-state index is -0.333. The van der Waals surface area contributed by atoms with Crippen molar-refractivity contribution in [1.82, 2.24) is 15.1 Å². The molecule has 0 spiro atoms. The Kier molecular flexibility index (Phi) is 6.94. The lowest BCUT2D eigenvalue weighted by molar-refractivity contribution is 0.0741. The maximum atomic E-state index is 13.3. The van der Waals surface area contributed by atoms with Crippen molar-refractivity contribution >= 4 is 17.5 Å². The van der Waals surface area contributed by atoms with Gasteiger partial charge in [-0.3, -0.25) is 9.89 Å². The van der Waals surface area contributed by atoms with E-state index in [0.29, 0.717) is 41.0 Å². The minimum absolute atomic E-state index is 0.0673. The summed E-state index contributed by atoms with van der Waals surface area (Å²) in [6.07, 6.45) is 2.84. The molecule has 174 valence electrons. The number of unbranched alkanes of at least 4 members (excludes halogenated alkanes) is 1. The van der Waals surface area contributed by atoms with Crippen LogP contribution in [0.4, 0.5) is 0 Å². The Balaban J connectivity index is 1.78. The van der Waals surface area contributed by atoms with Gasteiger partial charge in [0.2, 0.25) is 0 Å². The first kappa shape index (κ1) is 23.2. The van der Waals surface area contributed by atoms with Gasteiger partial charge in [-0.25, -0.2) is 0 Å². The zero-order valence-electron chi connectivity index (χ0n) is 19.3. The van der Waals surface area contributed by atoms with E-state index in [4.69, 9.17) is 16.3 Å². The van der Waals surface area contributed by atoms with E-state index in [-0.39, 0.29) is 17.7 Å². The number of phenolic OH excluding ortho intramolecular Hbond substituents is 1. The number of ether oxygens (including phenoxy) is 1. The number of hydrogen-bond acceptors (Lipinski definition) is 4. The van der Waals surface area contributed by atoms with E-state index in [1.807, 2.05) is 29.2 Å². The summed E-state index contributed by atoms with van der Waals surface area (Å²) in [7, 11) is 0. The quantitative estimate of drug-likeness (QED) is 0.392. The molecule has 4 rings (SSSR count). The van der Waals surface area contributed by atoms with Crippen LogP contribution in [0, 0.1) is 5.92 Å². The van der Waals surface area contributed by atoms with Gasteiger partial charge in [-0.2, -0.15) is 5.10 Å². The van der Waals surface area contributed by atoms with Crippen LogP contribution in [0.5, 0.6) is 11.5 Å². The van der Waals surface area contributed by atoms with Crippen LogP contribution in [-0.2, 0) is 0 Å². The Bertz CT molecular complexity index is 1140. The highest BCUT2D eigenvalue weighted by atomic mass is 35.5. The molecule has 33 heavy (non-hydrogen) atoms. The van der Waals surface area contributed by atoms with Crippen molar-refractivity contribution in [3.63, 3.8) is 0 Å². The molecule has 1 unspecified atom stereocenters. The van der Waals surface area contributed by atoms with E-state index in [1.165, 1.54) is 0 Å². The molecule has 1 aliphatic heterocycles. The van der Waals surface area contributed by atoms with Crippen molar-refractivity contribution < 1.29 is 14.6 Å². The van der Waals surface area contributed by atoms with Crippen LogP contribution >= 0.6 is 11.6 Å². The summed E-state index contributed by atoms with van der Waals surface area (Å²) in [4.78, 5) is 15.2. The van der Waals surface area contributed by atoms with E-state index < -0.39 is 0 Å². The Morgan fingerprint density at radius 1 is 1.24 bits per heavy atom. The third-order valence-electron chi connectivity index (χ3n) is 5.97. The molecule has 1 aliphatic rings. The summed E-state index contributed by atoms with van der Waals surface area (Å²) in [6, 6.07) is 12.4. The molecule has 6 nitrogen and oxygen atoms in total. The largest absolute Gasteiger partial charge is 0.507 e. The highest BCUT2D eigenvalue weighted by molar-refractivity contribution is 6.31. The van der Waals surface area contributed by atoms with Crippen LogP contribution in [0.2, 0.25) is 5.02 Å². The number of phenols is 1. The molecule has 0 saturated carbocycles. The summed E-state index contributed by atoms with van der Waals surface area (Å²) in [5.74, 6) is 1.32. The topological polar surface area (TPSA) is 78.5 Å². The van der Waals surface area contributed by atoms with Crippen molar-refractivity contribution in [2.24, 2.45) is 5.92 Å². The summed E-state index contributed by atoms with van der Waals surface area (Å²) in [6.45, 7) is 7.71. The Morgan fingerprint density at radius 2 is 2.06 bits per heavy atom. The number of H-pyrrole nitrogens is 1. The molecule has 0 fully saturated rings. The van der Waals surface area contributed by atoms with Gasteiger partial charge in [0.25, 0.3) is 5.91 Å². The van der Waals surface area contributed by atoms with Gasteiger partial charge in [-0.15, -0.1) is 0 Å². The molecule has 7 heteroatoms. The fourth-order valence-electron chi connectivity index (χ4n) is 4.19. The number of amides is 1. The number of benzene rings is 2. The second-order valence-corrected chi connectivity index (χ2v) is 9.32. The Morgan fingerprint density at radius 3 is 2.82 bits per heavy atom. The minimum Gasteiger partial charge on any atom is -0.507 e. The number of aromatic hydroxyl groups is 1. The number of halogens is 1. The van der Waals surface area contributed by atoms with Crippen LogP contribution in [0.15, 0.2) is 42.5 Å². The number of nitrogens with zero attached hydrogens (tertiary/aromatic N) is 2. The molecule has 3 aromatic rings. The average Bonchev–Trinajstić information content (AvgIpc) is 3.33. The van der Waals surface area contributed by atoms with Gasteiger partial charge >= 0.3 is 0 Å². The second-order valence-electron chi connectivity index (χ2n) is 8.88. The van der Waals surface area contributed by atoms with E-state index in [0.717, 1.165) is 36.1 Å². The summed E-state index contributed by atoms with van der Waals surface area (Å²) >= 11 is 6.21. The average molecular weight is 468 g/mol. The lowest BCUT2D eigenvalue weighted by Gasteiger charge is -2.26. The zero-order chi connectivity index (χ0) is 23.5. The normalized spacial score (nSPS) is 15.4. The third kappa shape index (κ3) is 4.71. The zero-order valence-corrected chi connectivity index (χ0v) is 20.0. The highest BCUT2D eigenvalue weighted by Crippen LogP contribution is 2.45. The molecular formula is C26H30ClN3O3. The molecule has 0 aliphatic carbocycles. The van der Waals surface area contributed by atoms with Gasteiger partial charge in [0.15, 0.2) is 0 Å². The lowest BCUT2D eigenvalue weighted by atomic mass is 9.95. The van der Waals surface area contributed by atoms with Gasteiger partial charge in [0.1, 0.15) is 22.9 Å². The number of aromatic nitrogens is 2. The number of fused-ring (bicyclic) bond motifs is 1. The van der Waals surface area contributed by atoms with Gasteiger partial charge in [0.05, 0.1) is 12.6 Å². The molecule has 1 amide bonds. The van der Waals surface area contributed by atoms with Crippen LogP contribution in [0.25, 0.3) is 11.3 Å². The van der Waals surface area contributed by atoms with Gasteiger partial charge in [-0.05, 0) is 54.7 Å². The van der Waals surface area contributed by atoms with Crippen molar-refractivity contribution in [1.29, 1.82) is 0 Å². The highest BCUT2D eigenvalue weighted by Gasteiger charge is 2.42. The van der Waals surface area contributed by atoms with Crippen molar-refractivity contribution in [2.75, 3.05) is 13.2 Å². The monoisotopic (exact) mass is 467 g/mol. The number of hydrogen-bond donors (Lipinski definition) is 2. The third-order valence-corrected chi connectivity index (χ3v) is 6.20. The van der Waals surface area contributed by atoms with E-state index in [1.54, 1.807) is 18.2 Å². The molecule has 1 atom stereocenters. The van der Waals surface area contributed by atoms with Crippen molar-refractivity contribution in [2.45, 2.75) is 46.1 Å². The second kappa shape index (κ2) is 9.87. The lowest BCUT2D eigenvalue weighted by Crippen LogP contribution is -2.30. The first-order valence-corrected chi connectivity index (χ1v) is 11.9. The molecule has 1 aromatic heterocycles.